The monoisotopic (exact) mass is 320 g/mol. The van der Waals surface area contributed by atoms with Crippen LogP contribution in [0, 0.1) is 13.8 Å². The van der Waals surface area contributed by atoms with Gasteiger partial charge in [0.1, 0.15) is 5.82 Å². The Labute approximate surface area is 143 Å². The topological polar surface area (TPSA) is 55.0 Å². The SMILES string of the molecule is CCN(CC)c1nc(N)nc2cc(-c3c(C)cccc3C)ccc12. The lowest BCUT2D eigenvalue weighted by atomic mass is 9.95. The lowest BCUT2D eigenvalue weighted by Crippen LogP contribution is -2.23. The third-order valence-corrected chi connectivity index (χ3v) is 4.53. The molecule has 0 aliphatic heterocycles. The molecule has 1 aromatic heterocycles. The number of aryl methyl sites for hydroxylation is 2. The number of hydrogen-bond acceptors (Lipinski definition) is 4. The van der Waals surface area contributed by atoms with Crippen molar-refractivity contribution in [3.05, 3.63) is 47.5 Å². The van der Waals surface area contributed by atoms with Crippen molar-refractivity contribution >= 4 is 22.7 Å². The average Bonchev–Trinajstić information content (AvgIpc) is 2.55. The predicted octanol–water partition coefficient (Wildman–Crippen LogP) is 4.34. The highest BCUT2D eigenvalue weighted by Gasteiger charge is 2.13. The van der Waals surface area contributed by atoms with Gasteiger partial charge in [-0.15, -0.1) is 0 Å². The number of fused-ring (bicyclic) bond motifs is 1. The van der Waals surface area contributed by atoms with Crippen molar-refractivity contribution in [3.63, 3.8) is 0 Å². The van der Waals surface area contributed by atoms with Crippen LogP contribution in [-0.2, 0) is 0 Å². The van der Waals surface area contributed by atoms with Crippen LogP contribution in [0.25, 0.3) is 22.0 Å². The Morgan fingerprint density at radius 1 is 0.958 bits per heavy atom. The summed E-state index contributed by atoms with van der Waals surface area (Å²) in [6, 6.07) is 12.8. The van der Waals surface area contributed by atoms with Gasteiger partial charge in [0, 0.05) is 18.5 Å². The van der Waals surface area contributed by atoms with Crippen molar-refractivity contribution in [2.75, 3.05) is 23.7 Å². The van der Waals surface area contributed by atoms with E-state index in [9.17, 15) is 0 Å². The highest BCUT2D eigenvalue weighted by atomic mass is 15.2. The molecule has 0 bridgehead atoms. The van der Waals surface area contributed by atoms with Crippen LogP contribution in [0.1, 0.15) is 25.0 Å². The second-order valence-electron chi connectivity index (χ2n) is 6.08. The van der Waals surface area contributed by atoms with Gasteiger partial charge in [0.25, 0.3) is 0 Å². The predicted molar refractivity (Wildman–Crippen MR) is 102 cm³/mol. The molecule has 0 amide bonds. The van der Waals surface area contributed by atoms with Gasteiger partial charge < -0.3 is 10.6 Å². The first-order valence-electron chi connectivity index (χ1n) is 8.44. The first kappa shape index (κ1) is 16.2. The van der Waals surface area contributed by atoms with E-state index in [0.29, 0.717) is 5.95 Å². The fraction of sp³-hybridized carbons (Fsp3) is 0.300. The molecule has 4 heteroatoms. The van der Waals surface area contributed by atoms with Crippen LogP contribution in [0.5, 0.6) is 0 Å². The van der Waals surface area contributed by atoms with E-state index in [4.69, 9.17) is 5.73 Å². The summed E-state index contributed by atoms with van der Waals surface area (Å²) in [5.74, 6) is 1.23. The van der Waals surface area contributed by atoms with Crippen molar-refractivity contribution in [3.8, 4) is 11.1 Å². The molecular formula is C20H24N4. The molecule has 1 heterocycles. The maximum atomic E-state index is 5.97. The Bertz CT molecular complexity index is 862. The van der Waals surface area contributed by atoms with Crippen LogP contribution in [0.4, 0.5) is 11.8 Å². The van der Waals surface area contributed by atoms with Gasteiger partial charge in [0.15, 0.2) is 0 Å². The quantitative estimate of drug-likeness (QED) is 0.777. The molecule has 2 aromatic carbocycles. The molecule has 0 radical (unpaired) electrons. The number of aromatic nitrogens is 2. The van der Waals surface area contributed by atoms with Crippen LogP contribution in [0.2, 0.25) is 0 Å². The Morgan fingerprint density at radius 3 is 2.25 bits per heavy atom. The summed E-state index contributed by atoms with van der Waals surface area (Å²) in [6.45, 7) is 10.3. The second kappa shape index (κ2) is 6.48. The average molecular weight is 320 g/mol. The number of anilines is 2. The van der Waals surface area contributed by atoms with Gasteiger partial charge >= 0.3 is 0 Å². The van der Waals surface area contributed by atoms with E-state index in [0.717, 1.165) is 29.8 Å². The van der Waals surface area contributed by atoms with E-state index in [1.165, 1.54) is 22.3 Å². The molecule has 24 heavy (non-hydrogen) atoms. The summed E-state index contributed by atoms with van der Waals surface area (Å²) < 4.78 is 0. The number of nitrogens with zero attached hydrogens (tertiary/aromatic N) is 3. The van der Waals surface area contributed by atoms with Crippen LogP contribution < -0.4 is 10.6 Å². The molecule has 0 saturated carbocycles. The normalized spacial score (nSPS) is 11.0. The minimum absolute atomic E-state index is 0.322. The standard InChI is InChI=1S/C20H24N4/c1-5-24(6-2)19-16-11-10-15(12-17(16)22-20(21)23-19)18-13(3)8-7-9-14(18)4/h7-12H,5-6H2,1-4H3,(H2,21,22,23). The zero-order valence-corrected chi connectivity index (χ0v) is 14.8. The zero-order valence-electron chi connectivity index (χ0n) is 14.8. The highest BCUT2D eigenvalue weighted by Crippen LogP contribution is 2.32. The molecule has 4 nitrogen and oxygen atoms in total. The lowest BCUT2D eigenvalue weighted by molar-refractivity contribution is 0.850. The smallest absolute Gasteiger partial charge is 0.222 e. The molecule has 3 rings (SSSR count). The summed E-state index contributed by atoms with van der Waals surface area (Å²) in [6.07, 6.45) is 0. The Balaban J connectivity index is 2.23. The summed E-state index contributed by atoms with van der Waals surface area (Å²) in [7, 11) is 0. The zero-order chi connectivity index (χ0) is 17.3. The first-order valence-corrected chi connectivity index (χ1v) is 8.44. The van der Waals surface area contributed by atoms with E-state index in [1.54, 1.807) is 0 Å². The minimum Gasteiger partial charge on any atom is -0.368 e. The number of nitrogen functional groups attached to an aromatic ring is 1. The van der Waals surface area contributed by atoms with Crippen molar-refractivity contribution < 1.29 is 0 Å². The Hall–Kier alpha value is -2.62. The van der Waals surface area contributed by atoms with E-state index >= 15 is 0 Å². The van der Waals surface area contributed by atoms with E-state index < -0.39 is 0 Å². The fourth-order valence-electron chi connectivity index (χ4n) is 3.32. The minimum atomic E-state index is 0.322. The second-order valence-corrected chi connectivity index (χ2v) is 6.08. The molecule has 2 N–H and O–H groups in total. The Kier molecular flexibility index (Phi) is 4.38. The first-order chi connectivity index (χ1) is 11.5. The third kappa shape index (κ3) is 2.80. The maximum Gasteiger partial charge on any atom is 0.222 e. The van der Waals surface area contributed by atoms with Gasteiger partial charge in [-0.3, -0.25) is 0 Å². The third-order valence-electron chi connectivity index (χ3n) is 4.53. The fourth-order valence-corrected chi connectivity index (χ4v) is 3.32. The number of nitrogens with two attached hydrogens (primary N) is 1. The van der Waals surface area contributed by atoms with Crippen LogP contribution in [0.3, 0.4) is 0 Å². The molecule has 0 saturated heterocycles. The van der Waals surface area contributed by atoms with Crippen LogP contribution >= 0.6 is 0 Å². The van der Waals surface area contributed by atoms with Crippen LogP contribution in [0.15, 0.2) is 36.4 Å². The summed E-state index contributed by atoms with van der Waals surface area (Å²) in [5.41, 5.74) is 11.8. The molecule has 0 aliphatic carbocycles. The Morgan fingerprint density at radius 2 is 1.62 bits per heavy atom. The largest absolute Gasteiger partial charge is 0.368 e. The molecule has 0 atom stereocenters. The summed E-state index contributed by atoms with van der Waals surface area (Å²) in [4.78, 5) is 11.2. The molecule has 0 unspecified atom stereocenters. The number of benzene rings is 2. The maximum absolute atomic E-state index is 5.97. The molecular weight excluding hydrogens is 296 g/mol. The van der Waals surface area contributed by atoms with Gasteiger partial charge in [-0.25, -0.2) is 4.98 Å². The number of hydrogen-bond donors (Lipinski definition) is 1. The van der Waals surface area contributed by atoms with E-state index in [1.807, 2.05) is 0 Å². The van der Waals surface area contributed by atoms with Crippen molar-refractivity contribution in [1.29, 1.82) is 0 Å². The summed E-state index contributed by atoms with van der Waals surface area (Å²) >= 11 is 0. The molecule has 0 aliphatic rings. The van der Waals surface area contributed by atoms with Crippen molar-refractivity contribution in [1.82, 2.24) is 9.97 Å². The van der Waals surface area contributed by atoms with Crippen LogP contribution in [-0.4, -0.2) is 23.1 Å². The molecule has 0 spiro atoms. The van der Waals surface area contributed by atoms with Gasteiger partial charge in [-0.1, -0.05) is 24.3 Å². The van der Waals surface area contributed by atoms with E-state index in [-0.39, 0.29) is 0 Å². The van der Waals surface area contributed by atoms with Gasteiger partial charge in [-0.2, -0.15) is 4.98 Å². The van der Waals surface area contributed by atoms with Crippen molar-refractivity contribution in [2.45, 2.75) is 27.7 Å². The van der Waals surface area contributed by atoms with Gasteiger partial charge in [0.2, 0.25) is 5.95 Å². The summed E-state index contributed by atoms with van der Waals surface area (Å²) in [5, 5.41) is 1.04. The van der Waals surface area contributed by atoms with Crippen molar-refractivity contribution in [2.24, 2.45) is 0 Å². The molecule has 3 aromatic rings. The highest BCUT2D eigenvalue weighted by molar-refractivity contribution is 5.93. The van der Waals surface area contributed by atoms with Gasteiger partial charge in [0.05, 0.1) is 5.52 Å². The van der Waals surface area contributed by atoms with Gasteiger partial charge in [-0.05, 0) is 62.1 Å². The molecule has 0 fully saturated rings. The lowest BCUT2D eigenvalue weighted by Gasteiger charge is -2.22. The van der Waals surface area contributed by atoms with E-state index in [2.05, 4.69) is 79.0 Å². The number of rotatable bonds is 4. The molecule has 124 valence electrons.